The first-order chi connectivity index (χ1) is 6.43. The van der Waals surface area contributed by atoms with E-state index in [0.717, 1.165) is 6.42 Å². The van der Waals surface area contributed by atoms with Crippen molar-refractivity contribution >= 4 is 0 Å². The third kappa shape index (κ3) is 5.85. The Morgan fingerprint density at radius 1 is 1.00 bits per heavy atom. The molecule has 2 aromatic rings. The van der Waals surface area contributed by atoms with Crippen LogP contribution in [0.2, 0.25) is 0 Å². The summed E-state index contributed by atoms with van der Waals surface area (Å²) in [5.74, 6) is 0. The van der Waals surface area contributed by atoms with Crippen LogP contribution < -0.4 is 0 Å². The maximum atomic E-state index is 8.44. The van der Waals surface area contributed by atoms with Crippen molar-refractivity contribution in [1.82, 2.24) is 0 Å². The molecule has 2 rings (SSSR count). The van der Waals surface area contributed by atoms with Crippen LogP contribution in [0.1, 0.15) is 5.56 Å². The Kier molecular flexibility index (Phi) is 8.41. The minimum Gasteiger partial charge on any atom is -0.397 e. The zero-order valence-electron chi connectivity index (χ0n) is 7.91. The normalized spacial score (nSPS) is 8.36. The van der Waals surface area contributed by atoms with Gasteiger partial charge < -0.3 is 5.11 Å². The number of hydrogen-bond donors (Lipinski definition) is 1. The Hall–Kier alpha value is -0.717. The van der Waals surface area contributed by atoms with Gasteiger partial charge in [0.15, 0.2) is 0 Å². The standard InChI is InChI=1S/C7H9O.C5H5.Ru/c8-6-5-7-3-1-2-4-7;1-2-4-5-3-1;/h1-4,8H,5-6H2;1-5H;/q2*-1;+2. The van der Waals surface area contributed by atoms with Crippen molar-refractivity contribution in [3.63, 3.8) is 0 Å². The van der Waals surface area contributed by atoms with E-state index in [1.165, 1.54) is 5.56 Å². The molecule has 2 heteroatoms. The summed E-state index contributed by atoms with van der Waals surface area (Å²) in [7, 11) is 0. The second kappa shape index (κ2) is 8.86. The van der Waals surface area contributed by atoms with Gasteiger partial charge in [0.25, 0.3) is 0 Å². The van der Waals surface area contributed by atoms with Crippen LogP contribution in [0, 0.1) is 0 Å². The van der Waals surface area contributed by atoms with Gasteiger partial charge >= 0.3 is 19.5 Å². The summed E-state index contributed by atoms with van der Waals surface area (Å²) < 4.78 is 0. The van der Waals surface area contributed by atoms with Crippen LogP contribution in [0.3, 0.4) is 0 Å². The fraction of sp³-hybridized carbons (Fsp3) is 0.167. The molecule has 2 aromatic carbocycles. The molecule has 0 unspecified atom stereocenters. The van der Waals surface area contributed by atoms with Gasteiger partial charge in [-0.2, -0.15) is 35.9 Å². The third-order valence-electron chi connectivity index (χ3n) is 1.69. The first-order valence-electron chi connectivity index (χ1n) is 4.41. The molecule has 0 atom stereocenters. The zero-order valence-corrected chi connectivity index (χ0v) is 9.65. The van der Waals surface area contributed by atoms with E-state index < -0.39 is 0 Å². The van der Waals surface area contributed by atoms with Gasteiger partial charge in [0.1, 0.15) is 0 Å². The van der Waals surface area contributed by atoms with E-state index in [2.05, 4.69) is 0 Å². The molecule has 0 bridgehead atoms. The SMILES string of the molecule is OCC[c-]1cccc1.[Ru+2].c1cc[cH-]c1. The van der Waals surface area contributed by atoms with Crippen molar-refractivity contribution in [3.05, 3.63) is 60.2 Å². The zero-order chi connectivity index (χ0) is 9.36. The Labute approximate surface area is 97.9 Å². The van der Waals surface area contributed by atoms with E-state index in [0.29, 0.717) is 0 Å². The largest absolute Gasteiger partial charge is 2.00 e. The fourth-order valence-corrected chi connectivity index (χ4v) is 1.03. The van der Waals surface area contributed by atoms with E-state index in [1.807, 2.05) is 54.6 Å². The van der Waals surface area contributed by atoms with E-state index in [1.54, 1.807) is 0 Å². The smallest absolute Gasteiger partial charge is 0.397 e. The first-order valence-corrected chi connectivity index (χ1v) is 4.41. The average molecular weight is 275 g/mol. The van der Waals surface area contributed by atoms with Crippen LogP contribution in [0.5, 0.6) is 0 Å². The molecule has 0 saturated heterocycles. The molecule has 0 heterocycles. The summed E-state index contributed by atoms with van der Waals surface area (Å²) >= 11 is 0. The molecule has 0 fully saturated rings. The average Bonchev–Trinajstić information content (AvgIpc) is 2.79. The molecule has 14 heavy (non-hydrogen) atoms. The summed E-state index contributed by atoms with van der Waals surface area (Å²) in [6, 6.07) is 18.0. The van der Waals surface area contributed by atoms with Crippen molar-refractivity contribution < 1.29 is 24.6 Å². The van der Waals surface area contributed by atoms with E-state index >= 15 is 0 Å². The van der Waals surface area contributed by atoms with Crippen LogP contribution in [0.15, 0.2) is 54.6 Å². The van der Waals surface area contributed by atoms with Crippen molar-refractivity contribution in [1.29, 1.82) is 0 Å². The quantitative estimate of drug-likeness (QED) is 0.659. The molecule has 76 valence electrons. The first kappa shape index (κ1) is 13.3. The molecular weight excluding hydrogens is 261 g/mol. The summed E-state index contributed by atoms with van der Waals surface area (Å²) in [5, 5.41) is 8.44. The predicted octanol–water partition coefficient (Wildman–Crippen LogP) is 2.34. The van der Waals surface area contributed by atoms with Crippen molar-refractivity contribution in [3.8, 4) is 0 Å². The fourth-order valence-electron chi connectivity index (χ4n) is 1.03. The Bertz CT molecular complexity index is 254. The summed E-state index contributed by atoms with van der Waals surface area (Å²) in [5.41, 5.74) is 1.22. The number of aliphatic hydroxyl groups is 1. The summed E-state index contributed by atoms with van der Waals surface area (Å²) in [6.07, 6.45) is 0.785. The summed E-state index contributed by atoms with van der Waals surface area (Å²) in [6.45, 7) is 0.254. The molecule has 1 nitrogen and oxygen atoms in total. The second-order valence-corrected chi connectivity index (χ2v) is 2.73. The van der Waals surface area contributed by atoms with E-state index in [9.17, 15) is 0 Å². The van der Waals surface area contributed by atoms with E-state index in [4.69, 9.17) is 5.11 Å². The number of rotatable bonds is 2. The van der Waals surface area contributed by atoms with Crippen LogP contribution in [0.4, 0.5) is 0 Å². The van der Waals surface area contributed by atoms with Crippen LogP contribution in [-0.4, -0.2) is 11.7 Å². The third-order valence-corrected chi connectivity index (χ3v) is 1.69. The monoisotopic (exact) mass is 276 g/mol. The molecule has 0 amide bonds. The van der Waals surface area contributed by atoms with Gasteiger partial charge in [-0.15, -0.1) is 0 Å². The van der Waals surface area contributed by atoms with Gasteiger partial charge in [0, 0.05) is 6.61 Å². The van der Waals surface area contributed by atoms with Crippen LogP contribution >= 0.6 is 0 Å². The second-order valence-electron chi connectivity index (χ2n) is 2.73. The molecule has 0 aliphatic carbocycles. The van der Waals surface area contributed by atoms with Gasteiger partial charge in [-0.1, -0.05) is 6.42 Å². The van der Waals surface area contributed by atoms with Gasteiger partial charge in [-0.3, -0.25) is 0 Å². The van der Waals surface area contributed by atoms with Gasteiger partial charge in [0.05, 0.1) is 0 Å². The van der Waals surface area contributed by atoms with Crippen molar-refractivity contribution in [2.75, 3.05) is 6.61 Å². The molecule has 0 aliphatic heterocycles. The Morgan fingerprint density at radius 3 is 1.93 bits per heavy atom. The molecule has 1 N–H and O–H groups in total. The van der Waals surface area contributed by atoms with Gasteiger partial charge in [0.2, 0.25) is 0 Å². The molecule has 0 aliphatic rings. The molecule has 0 aromatic heterocycles. The topological polar surface area (TPSA) is 20.2 Å². The molecule has 0 radical (unpaired) electrons. The Balaban J connectivity index is 0.000000246. The maximum absolute atomic E-state index is 8.44. The number of hydrogen-bond acceptors (Lipinski definition) is 1. The molecule has 0 spiro atoms. The van der Waals surface area contributed by atoms with Crippen molar-refractivity contribution in [2.24, 2.45) is 0 Å². The van der Waals surface area contributed by atoms with Crippen LogP contribution in [0.25, 0.3) is 0 Å². The predicted molar refractivity (Wildman–Crippen MR) is 54.9 cm³/mol. The number of aliphatic hydroxyl groups excluding tert-OH is 1. The minimum absolute atomic E-state index is 0. The minimum atomic E-state index is 0. The van der Waals surface area contributed by atoms with Crippen molar-refractivity contribution in [2.45, 2.75) is 6.42 Å². The van der Waals surface area contributed by atoms with Gasteiger partial charge in [-0.25, -0.2) is 24.3 Å². The molecular formula is C12H14ORu. The Morgan fingerprint density at radius 2 is 1.57 bits per heavy atom. The molecule has 0 saturated carbocycles. The van der Waals surface area contributed by atoms with E-state index in [-0.39, 0.29) is 26.1 Å². The maximum Gasteiger partial charge on any atom is 2.00 e. The van der Waals surface area contributed by atoms with Crippen LogP contribution in [-0.2, 0) is 25.9 Å². The van der Waals surface area contributed by atoms with Gasteiger partial charge in [-0.05, 0) is 0 Å². The summed E-state index contributed by atoms with van der Waals surface area (Å²) in [4.78, 5) is 0.